The maximum absolute atomic E-state index is 4.70. The zero-order chi connectivity index (χ0) is 16.2. The fourth-order valence-electron chi connectivity index (χ4n) is 2.74. The summed E-state index contributed by atoms with van der Waals surface area (Å²) in [6.45, 7) is 5.01. The fraction of sp³-hybridized carbons (Fsp3) is 0.200. The molecule has 3 heteroatoms. The number of aryl methyl sites for hydroxylation is 2. The van der Waals surface area contributed by atoms with Gasteiger partial charge in [-0.2, -0.15) is 5.10 Å². The van der Waals surface area contributed by atoms with Crippen LogP contribution in [-0.4, -0.2) is 9.78 Å². The molecule has 3 aromatic rings. The first-order valence-electron chi connectivity index (χ1n) is 7.86. The summed E-state index contributed by atoms with van der Waals surface area (Å²) in [6, 6.07) is 16.6. The Balaban J connectivity index is 1.88. The molecule has 0 bridgehead atoms. The summed E-state index contributed by atoms with van der Waals surface area (Å²) in [7, 11) is 2.05. The number of aromatic nitrogens is 3. The van der Waals surface area contributed by atoms with E-state index in [0.29, 0.717) is 0 Å². The zero-order valence-corrected chi connectivity index (χ0v) is 13.9. The van der Waals surface area contributed by atoms with Crippen LogP contribution in [-0.2, 0) is 13.6 Å². The molecule has 0 saturated carbocycles. The Morgan fingerprint density at radius 3 is 2.48 bits per heavy atom. The maximum atomic E-state index is 4.70. The lowest BCUT2D eigenvalue weighted by molar-refractivity contribution is -0.673. The molecule has 23 heavy (non-hydrogen) atoms. The highest BCUT2D eigenvalue weighted by Gasteiger charge is 2.10. The predicted molar refractivity (Wildman–Crippen MR) is 93.8 cm³/mol. The molecule has 0 radical (unpaired) electrons. The Hall–Kier alpha value is -2.68. The Bertz CT molecular complexity index is 829. The highest BCUT2D eigenvalue weighted by molar-refractivity contribution is 5.69. The number of hydrogen-bond donors (Lipinski definition) is 0. The van der Waals surface area contributed by atoms with Gasteiger partial charge in [0.2, 0.25) is 5.69 Å². The molecule has 0 unspecified atom stereocenters. The van der Waals surface area contributed by atoms with Gasteiger partial charge in [-0.1, -0.05) is 30.3 Å². The topological polar surface area (TPSA) is 21.7 Å². The Morgan fingerprint density at radius 2 is 1.74 bits per heavy atom. The third kappa shape index (κ3) is 3.39. The normalized spacial score (nSPS) is 11.3. The minimum absolute atomic E-state index is 0.806. The van der Waals surface area contributed by atoms with Crippen molar-refractivity contribution in [1.82, 2.24) is 9.78 Å². The molecule has 2 aromatic heterocycles. The maximum Gasteiger partial charge on any atom is 0.204 e. The quantitative estimate of drug-likeness (QED) is 0.676. The highest BCUT2D eigenvalue weighted by atomic mass is 15.3. The van der Waals surface area contributed by atoms with Crippen molar-refractivity contribution in [1.29, 1.82) is 0 Å². The van der Waals surface area contributed by atoms with Gasteiger partial charge in [0, 0.05) is 29.5 Å². The van der Waals surface area contributed by atoms with Crippen molar-refractivity contribution in [2.75, 3.05) is 0 Å². The molecule has 0 saturated heterocycles. The Morgan fingerprint density at radius 1 is 1.00 bits per heavy atom. The first-order chi connectivity index (χ1) is 11.1. The molecule has 0 aliphatic rings. The van der Waals surface area contributed by atoms with Crippen LogP contribution >= 0.6 is 0 Å². The van der Waals surface area contributed by atoms with Crippen LogP contribution in [0.15, 0.2) is 54.7 Å². The van der Waals surface area contributed by atoms with E-state index in [-0.39, 0.29) is 0 Å². The van der Waals surface area contributed by atoms with Crippen molar-refractivity contribution < 1.29 is 4.57 Å². The van der Waals surface area contributed by atoms with Crippen molar-refractivity contribution in [3.63, 3.8) is 0 Å². The molecule has 0 aliphatic carbocycles. The molecule has 3 rings (SSSR count). The van der Waals surface area contributed by atoms with E-state index < -0.39 is 0 Å². The van der Waals surface area contributed by atoms with Crippen molar-refractivity contribution in [3.8, 4) is 0 Å². The van der Waals surface area contributed by atoms with Crippen LogP contribution in [0.25, 0.3) is 12.2 Å². The summed E-state index contributed by atoms with van der Waals surface area (Å²) in [5.41, 5.74) is 5.89. The lowest BCUT2D eigenvalue weighted by atomic mass is 10.1. The first kappa shape index (κ1) is 15.2. The highest BCUT2D eigenvalue weighted by Crippen LogP contribution is 2.17. The van der Waals surface area contributed by atoms with Crippen LogP contribution in [0.2, 0.25) is 0 Å². The average molecular weight is 304 g/mol. The van der Waals surface area contributed by atoms with E-state index in [9.17, 15) is 0 Å². The van der Waals surface area contributed by atoms with Crippen LogP contribution < -0.4 is 4.57 Å². The molecular weight excluding hydrogens is 282 g/mol. The summed E-state index contributed by atoms with van der Waals surface area (Å²) < 4.78 is 4.19. The van der Waals surface area contributed by atoms with Gasteiger partial charge in [-0.05, 0) is 31.6 Å². The molecular formula is C20H22N3+. The average Bonchev–Trinajstić information content (AvgIpc) is 2.82. The van der Waals surface area contributed by atoms with E-state index in [2.05, 4.69) is 84.9 Å². The molecule has 0 N–H and O–H groups in total. The summed E-state index contributed by atoms with van der Waals surface area (Å²) >= 11 is 0. The van der Waals surface area contributed by atoms with Crippen molar-refractivity contribution in [2.45, 2.75) is 20.4 Å². The van der Waals surface area contributed by atoms with E-state index in [1.165, 1.54) is 22.5 Å². The van der Waals surface area contributed by atoms with E-state index in [1.807, 2.05) is 12.1 Å². The SMILES string of the molecule is Cc1nn(Cc2ccccc2)c(C)c1/C=C/c1cccc[n+]1C. The fourth-order valence-corrected chi connectivity index (χ4v) is 2.74. The van der Waals surface area contributed by atoms with Gasteiger partial charge in [0.15, 0.2) is 6.20 Å². The van der Waals surface area contributed by atoms with E-state index in [1.54, 1.807) is 0 Å². The van der Waals surface area contributed by atoms with Gasteiger partial charge in [-0.25, -0.2) is 4.57 Å². The van der Waals surface area contributed by atoms with Crippen LogP contribution in [0.1, 0.15) is 28.2 Å². The van der Waals surface area contributed by atoms with Gasteiger partial charge in [-0.3, -0.25) is 4.68 Å². The van der Waals surface area contributed by atoms with Crippen molar-refractivity contribution >= 4 is 12.2 Å². The second-order valence-electron chi connectivity index (χ2n) is 5.80. The largest absolute Gasteiger partial charge is 0.265 e. The third-order valence-corrected chi connectivity index (χ3v) is 4.13. The lowest BCUT2D eigenvalue weighted by Gasteiger charge is -2.04. The van der Waals surface area contributed by atoms with Gasteiger partial charge >= 0.3 is 0 Å². The molecule has 0 aliphatic heterocycles. The smallest absolute Gasteiger partial charge is 0.204 e. The van der Waals surface area contributed by atoms with Crippen molar-refractivity contribution in [3.05, 3.63) is 82.9 Å². The van der Waals surface area contributed by atoms with Gasteiger partial charge in [0.25, 0.3) is 0 Å². The van der Waals surface area contributed by atoms with Crippen LogP contribution in [0, 0.1) is 13.8 Å². The molecule has 2 heterocycles. The van der Waals surface area contributed by atoms with E-state index in [4.69, 9.17) is 5.10 Å². The second-order valence-corrected chi connectivity index (χ2v) is 5.80. The summed E-state index contributed by atoms with van der Waals surface area (Å²) in [6.07, 6.45) is 6.36. The molecule has 0 amide bonds. The Labute approximate surface area is 137 Å². The van der Waals surface area contributed by atoms with Crippen LogP contribution in [0.4, 0.5) is 0 Å². The van der Waals surface area contributed by atoms with Gasteiger partial charge in [0.1, 0.15) is 7.05 Å². The number of nitrogens with zero attached hydrogens (tertiary/aromatic N) is 3. The minimum atomic E-state index is 0.806. The van der Waals surface area contributed by atoms with Crippen LogP contribution in [0.5, 0.6) is 0 Å². The van der Waals surface area contributed by atoms with E-state index in [0.717, 1.165) is 12.2 Å². The summed E-state index contributed by atoms with van der Waals surface area (Å²) in [4.78, 5) is 0. The number of hydrogen-bond acceptors (Lipinski definition) is 1. The first-order valence-corrected chi connectivity index (χ1v) is 7.86. The number of rotatable bonds is 4. The molecule has 1 aromatic carbocycles. The summed E-state index contributed by atoms with van der Waals surface area (Å²) in [5, 5.41) is 4.70. The third-order valence-electron chi connectivity index (χ3n) is 4.13. The monoisotopic (exact) mass is 304 g/mol. The molecule has 0 fully saturated rings. The molecule has 3 nitrogen and oxygen atoms in total. The molecule has 0 spiro atoms. The number of pyridine rings is 1. The standard InChI is InChI=1S/C20H22N3/c1-16-20(13-12-19-11-7-8-14-22(19)3)17(2)23(21-16)15-18-9-5-4-6-10-18/h4-14H,15H2,1-3H3/q+1. The molecule has 116 valence electrons. The molecule has 0 atom stereocenters. The van der Waals surface area contributed by atoms with Crippen molar-refractivity contribution in [2.24, 2.45) is 7.05 Å². The lowest BCUT2D eigenvalue weighted by Crippen LogP contribution is -2.30. The zero-order valence-electron chi connectivity index (χ0n) is 13.9. The predicted octanol–water partition coefficient (Wildman–Crippen LogP) is 3.54. The van der Waals surface area contributed by atoms with Gasteiger partial charge in [0.05, 0.1) is 12.2 Å². The van der Waals surface area contributed by atoms with Gasteiger partial charge in [-0.15, -0.1) is 0 Å². The Kier molecular flexibility index (Phi) is 4.38. The minimum Gasteiger partial charge on any atom is -0.265 e. The summed E-state index contributed by atoms with van der Waals surface area (Å²) in [5.74, 6) is 0. The second kappa shape index (κ2) is 6.61. The number of benzene rings is 1. The van der Waals surface area contributed by atoms with Crippen LogP contribution in [0.3, 0.4) is 0 Å². The van der Waals surface area contributed by atoms with E-state index >= 15 is 0 Å². The van der Waals surface area contributed by atoms with Gasteiger partial charge < -0.3 is 0 Å².